The zero-order valence-corrected chi connectivity index (χ0v) is 9.71. The van der Waals surface area contributed by atoms with Crippen LogP contribution in [0, 0.1) is 0 Å². The summed E-state index contributed by atoms with van der Waals surface area (Å²) in [6.07, 6.45) is 5.16. The third-order valence-corrected chi connectivity index (χ3v) is 3.51. The van der Waals surface area contributed by atoms with E-state index in [1.165, 1.54) is 22.3 Å². The molecule has 0 unspecified atom stereocenters. The molecule has 1 atom stereocenters. The van der Waals surface area contributed by atoms with Crippen molar-refractivity contribution in [3.8, 4) is 0 Å². The largest absolute Gasteiger partial charge is 0.388 e. The Morgan fingerprint density at radius 2 is 1.87 bits per heavy atom. The minimum Gasteiger partial charge on any atom is -0.388 e. The molecule has 1 aromatic rings. The average Bonchev–Trinajstić information content (AvgIpc) is 2.28. The predicted molar refractivity (Wildman–Crippen MR) is 63.1 cm³/mol. The third kappa shape index (κ3) is 1.93. The van der Waals surface area contributed by atoms with Gasteiger partial charge in [-0.3, -0.25) is 0 Å². The van der Waals surface area contributed by atoms with Crippen molar-refractivity contribution in [1.82, 2.24) is 0 Å². The van der Waals surface area contributed by atoms with Crippen LogP contribution in [0.15, 0.2) is 12.1 Å². The molecule has 0 aliphatic heterocycles. The van der Waals surface area contributed by atoms with E-state index in [0.717, 1.165) is 32.1 Å². The van der Waals surface area contributed by atoms with Gasteiger partial charge in [-0.2, -0.15) is 0 Å². The highest BCUT2D eigenvalue weighted by Gasteiger charge is 2.19. The molecule has 0 radical (unpaired) electrons. The average molecular weight is 204 g/mol. The summed E-state index contributed by atoms with van der Waals surface area (Å²) < 4.78 is 0. The molecular weight excluding hydrogens is 184 g/mol. The molecule has 1 nitrogen and oxygen atoms in total. The molecular formula is C14H20O. The van der Waals surface area contributed by atoms with Crippen molar-refractivity contribution in [3.05, 3.63) is 34.4 Å². The maximum atomic E-state index is 9.94. The van der Waals surface area contributed by atoms with E-state index in [-0.39, 0.29) is 6.10 Å². The predicted octanol–water partition coefficient (Wildman–Crippen LogP) is 3.18. The lowest BCUT2D eigenvalue weighted by atomic mass is 9.85. The molecule has 0 saturated heterocycles. The molecule has 0 bridgehead atoms. The summed E-state index contributed by atoms with van der Waals surface area (Å²) in [6, 6.07) is 4.55. The first-order chi connectivity index (χ1) is 7.26. The van der Waals surface area contributed by atoms with Gasteiger partial charge in [0.25, 0.3) is 0 Å². The summed E-state index contributed by atoms with van der Waals surface area (Å²) >= 11 is 0. The Labute approximate surface area is 92.1 Å². The van der Waals surface area contributed by atoms with Crippen molar-refractivity contribution in [1.29, 1.82) is 0 Å². The second-order valence-electron chi connectivity index (χ2n) is 4.43. The molecule has 0 heterocycles. The monoisotopic (exact) mass is 204 g/mol. The fraction of sp³-hybridized carbons (Fsp3) is 0.571. The van der Waals surface area contributed by atoms with Crippen LogP contribution in [0.25, 0.3) is 0 Å². The van der Waals surface area contributed by atoms with Gasteiger partial charge in [0.15, 0.2) is 0 Å². The van der Waals surface area contributed by atoms with Crippen LogP contribution >= 0.6 is 0 Å². The Morgan fingerprint density at radius 3 is 2.53 bits per heavy atom. The Hall–Kier alpha value is -0.820. The molecule has 0 aromatic heterocycles. The fourth-order valence-electron chi connectivity index (χ4n) is 2.59. The maximum absolute atomic E-state index is 9.94. The number of aryl methyl sites for hydroxylation is 3. The van der Waals surface area contributed by atoms with Crippen molar-refractivity contribution in [2.45, 2.75) is 52.1 Å². The second-order valence-corrected chi connectivity index (χ2v) is 4.43. The van der Waals surface area contributed by atoms with Crippen LogP contribution in [0.2, 0.25) is 0 Å². The van der Waals surface area contributed by atoms with Crippen LogP contribution in [0.4, 0.5) is 0 Å². The molecule has 0 saturated carbocycles. The van der Waals surface area contributed by atoms with Gasteiger partial charge in [-0.15, -0.1) is 0 Å². The van der Waals surface area contributed by atoms with E-state index in [0.29, 0.717) is 0 Å². The lowest BCUT2D eigenvalue weighted by Gasteiger charge is -2.23. The van der Waals surface area contributed by atoms with Gasteiger partial charge in [0.2, 0.25) is 0 Å². The van der Waals surface area contributed by atoms with E-state index in [1.54, 1.807) is 0 Å². The molecule has 1 N–H and O–H groups in total. The van der Waals surface area contributed by atoms with E-state index in [9.17, 15) is 5.11 Å². The molecule has 2 rings (SSSR count). The van der Waals surface area contributed by atoms with Crippen LogP contribution in [-0.4, -0.2) is 5.11 Å². The van der Waals surface area contributed by atoms with Gasteiger partial charge in [-0.1, -0.05) is 26.0 Å². The highest BCUT2D eigenvalue weighted by atomic mass is 16.3. The van der Waals surface area contributed by atoms with Gasteiger partial charge in [-0.25, -0.2) is 0 Å². The number of benzene rings is 1. The minimum absolute atomic E-state index is 0.218. The summed E-state index contributed by atoms with van der Waals surface area (Å²) in [5.41, 5.74) is 5.45. The lowest BCUT2D eigenvalue weighted by molar-refractivity contribution is 0.156. The van der Waals surface area contributed by atoms with Gasteiger partial charge in [0.05, 0.1) is 6.10 Å². The summed E-state index contributed by atoms with van der Waals surface area (Å²) in [5.74, 6) is 0. The number of aliphatic hydroxyl groups is 1. The smallest absolute Gasteiger partial charge is 0.0792 e. The quantitative estimate of drug-likeness (QED) is 0.784. The maximum Gasteiger partial charge on any atom is 0.0792 e. The van der Waals surface area contributed by atoms with E-state index < -0.39 is 0 Å². The van der Waals surface area contributed by atoms with E-state index >= 15 is 0 Å². The van der Waals surface area contributed by atoms with E-state index in [4.69, 9.17) is 0 Å². The third-order valence-electron chi connectivity index (χ3n) is 3.51. The van der Waals surface area contributed by atoms with Crippen molar-refractivity contribution in [2.75, 3.05) is 0 Å². The minimum atomic E-state index is -0.218. The first-order valence-corrected chi connectivity index (χ1v) is 6.08. The van der Waals surface area contributed by atoms with Gasteiger partial charge in [-0.05, 0) is 54.4 Å². The standard InChI is InChI=1S/C14H20O/c1-3-10-8-12-6-5-7-14(15)13(12)9-11(10)4-2/h8-9,14-15H,3-7H2,1-2H3/t14-/m1/s1. The van der Waals surface area contributed by atoms with Gasteiger partial charge in [0, 0.05) is 0 Å². The first kappa shape index (κ1) is 10.7. The topological polar surface area (TPSA) is 20.2 Å². The number of fused-ring (bicyclic) bond motifs is 1. The summed E-state index contributed by atoms with van der Waals surface area (Å²) in [4.78, 5) is 0. The Balaban J connectivity index is 2.48. The molecule has 82 valence electrons. The van der Waals surface area contributed by atoms with Gasteiger partial charge < -0.3 is 5.11 Å². The number of rotatable bonds is 2. The van der Waals surface area contributed by atoms with Crippen LogP contribution in [-0.2, 0) is 19.3 Å². The molecule has 1 aromatic carbocycles. The normalized spacial score (nSPS) is 20.1. The Morgan fingerprint density at radius 1 is 1.20 bits per heavy atom. The van der Waals surface area contributed by atoms with Gasteiger partial charge in [0.1, 0.15) is 0 Å². The van der Waals surface area contributed by atoms with Crippen LogP contribution in [0.5, 0.6) is 0 Å². The Kier molecular flexibility index (Phi) is 3.11. The van der Waals surface area contributed by atoms with E-state index in [2.05, 4.69) is 26.0 Å². The summed E-state index contributed by atoms with van der Waals surface area (Å²) in [6.45, 7) is 4.40. The number of aliphatic hydroxyl groups excluding tert-OH is 1. The summed E-state index contributed by atoms with van der Waals surface area (Å²) in [5, 5.41) is 9.94. The van der Waals surface area contributed by atoms with Crippen molar-refractivity contribution in [3.63, 3.8) is 0 Å². The van der Waals surface area contributed by atoms with Crippen molar-refractivity contribution < 1.29 is 5.11 Å². The number of hydrogen-bond donors (Lipinski definition) is 1. The first-order valence-electron chi connectivity index (χ1n) is 6.08. The second kappa shape index (κ2) is 4.36. The zero-order chi connectivity index (χ0) is 10.8. The molecule has 0 spiro atoms. The van der Waals surface area contributed by atoms with Gasteiger partial charge >= 0.3 is 0 Å². The molecule has 1 heteroatoms. The molecule has 0 amide bonds. The summed E-state index contributed by atoms with van der Waals surface area (Å²) in [7, 11) is 0. The van der Waals surface area contributed by atoms with Crippen molar-refractivity contribution >= 4 is 0 Å². The van der Waals surface area contributed by atoms with Crippen molar-refractivity contribution in [2.24, 2.45) is 0 Å². The molecule has 0 fully saturated rings. The highest BCUT2D eigenvalue weighted by molar-refractivity contribution is 5.41. The molecule has 1 aliphatic rings. The van der Waals surface area contributed by atoms with Crippen LogP contribution in [0.3, 0.4) is 0 Å². The fourth-order valence-corrected chi connectivity index (χ4v) is 2.59. The van der Waals surface area contributed by atoms with Crippen LogP contribution < -0.4 is 0 Å². The molecule has 15 heavy (non-hydrogen) atoms. The molecule has 1 aliphatic carbocycles. The highest BCUT2D eigenvalue weighted by Crippen LogP contribution is 2.32. The van der Waals surface area contributed by atoms with Crippen LogP contribution in [0.1, 0.15) is 55.0 Å². The lowest BCUT2D eigenvalue weighted by Crippen LogP contribution is -2.11. The zero-order valence-electron chi connectivity index (χ0n) is 9.71. The van der Waals surface area contributed by atoms with E-state index in [1.807, 2.05) is 0 Å². The Bertz CT molecular complexity index is 355. The number of hydrogen-bond acceptors (Lipinski definition) is 1. The SMILES string of the molecule is CCc1cc2c(cc1CC)[C@H](O)CCC2.